The van der Waals surface area contributed by atoms with E-state index in [0.717, 1.165) is 38.8 Å². The lowest BCUT2D eigenvalue weighted by molar-refractivity contribution is 0.146. The molecule has 1 unspecified atom stereocenters. The molecule has 0 spiro atoms. The number of rotatable bonds is 7. The number of guanidine groups is 1. The van der Waals surface area contributed by atoms with Gasteiger partial charge in [0, 0.05) is 44.9 Å². The first-order chi connectivity index (χ1) is 9.33. The van der Waals surface area contributed by atoms with Crippen molar-refractivity contribution in [3.8, 4) is 0 Å². The summed E-state index contributed by atoms with van der Waals surface area (Å²) in [5.41, 5.74) is 2.66. The van der Waals surface area contributed by atoms with Gasteiger partial charge in [0.15, 0.2) is 0 Å². The molecule has 6 nitrogen and oxygen atoms in total. The highest BCUT2D eigenvalue weighted by atomic mass is 16.5. The van der Waals surface area contributed by atoms with Gasteiger partial charge < -0.3 is 10.1 Å². The van der Waals surface area contributed by atoms with Gasteiger partial charge in [0.2, 0.25) is 5.96 Å². The predicted octanol–water partition coefficient (Wildman–Crippen LogP) is 0.0586. The summed E-state index contributed by atoms with van der Waals surface area (Å²) < 4.78 is 5.28. The van der Waals surface area contributed by atoms with Crippen molar-refractivity contribution in [2.24, 2.45) is 10.8 Å². The first kappa shape index (κ1) is 14.6. The van der Waals surface area contributed by atoms with Crippen LogP contribution in [-0.4, -0.2) is 55.8 Å². The molecule has 1 heterocycles. The lowest BCUT2D eigenvalue weighted by Gasteiger charge is -2.17. The van der Waals surface area contributed by atoms with Crippen molar-refractivity contribution in [3.63, 3.8) is 0 Å². The number of likely N-dealkylation sites (tertiary alicyclic amines) is 1. The van der Waals surface area contributed by atoms with E-state index < -0.39 is 0 Å². The second-order valence-electron chi connectivity index (χ2n) is 5.28. The molecular weight excluding hydrogens is 242 g/mol. The highest BCUT2D eigenvalue weighted by Crippen LogP contribution is 2.29. The quantitative estimate of drug-likeness (QED) is 0.200. The van der Waals surface area contributed by atoms with Crippen LogP contribution < -0.4 is 16.6 Å². The van der Waals surface area contributed by atoms with Crippen LogP contribution in [-0.2, 0) is 4.74 Å². The summed E-state index contributed by atoms with van der Waals surface area (Å²) in [5, 5.41) is 3.40. The summed E-state index contributed by atoms with van der Waals surface area (Å²) in [6.07, 6.45) is 4.86. The number of nitrogens with zero attached hydrogens (tertiary/aromatic N) is 2. The minimum absolute atomic E-state index is 0.474. The molecule has 6 heteroatoms. The maximum atomic E-state index is 5.51. The van der Waals surface area contributed by atoms with Gasteiger partial charge in [0.05, 0.1) is 0 Å². The molecule has 0 aromatic rings. The van der Waals surface area contributed by atoms with Crippen LogP contribution in [0.4, 0.5) is 0 Å². The van der Waals surface area contributed by atoms with Gasteiger partial charge in [0.1, 0.15) is 0 Å². The fraction of sp³-hybridized carbons (Fsp3) is 0.923. The summed E-state index contributed by atoms with van der Waals surface area (Å²) in [5.74, 6) is 6.22. The lowest BCUT2D eigenvalue weighted by Crippen LogP contribution is -2.47. The molecule has 1 saturated carbocycles. The Morgan fingerprint density at radius 3 is 2.95 bits per heavy atom. The van der Waals surface area contributed by atoms with E-state index in [9.17, 15) is 0 Å². The summed E-state index contributed by atoms with van der Waals surface area (Å²) in [4.78, 5) is 7.00. The topological polar surface area (TPSA) is 74.9 Å². The molecule has 1 aliphatic carbocycles. The monoisotopic (exact) mass is 269 g/mol. The molecular formula is C13H27N5O. The number of ether oxygens (including phenoxy) is 1. The second-order valence-corrected chi connectivity index (χ2v) is 5.28. The molecule has 1 aliphatic heterocycles. The Morgan fingerprint density at radius 1 is 1.42 bits per heavy atom. The Kier molecular flexibility index (Phi) is 5.88. The third-order valence-electron chi connectivity index (χ3n) is 3.68. The van der Waals surface area contributed by atoms with Crippen molar-refractivity contribution >= 4 is 5.96 Å². The van der Waals surface area contributed by atoms with Crippen molar-refractivity contribution in [2.45, 2.75) is 44.7 Å². The number of nitrogens with one attached hydrogen (secondary N) is 2. The van der Waals surface area contributed by atoms with Crippen LogP contribution in [0.1, 0.15) is 32.6 Å². The minimum Gasteiger partial charge on any atom is -0.382 e. The van der Waals surface area contributed by atoms with E-state index >= 15 is 0 Å². The molecule has 2 rings (SSSR count). The van der Waals surface area contributed by atoms with Crippen molar-refractivity contribution in [1.29, 1.82) is 0 Å². The highest BCUT2D eigenvalue weighted by molar-refractivity contribution is 5.79. The van der Waals surface area contributed by atoms with Crippen molar-refractivity contribution in [2.75, 3.05) is 32.8 Å². The van der Waals surface area contributed by atoms with Gasteiger partial charge in [-0.15, -0.1) is 0 Å². The molecule has 19 heavy (non-hydrogen) atoms. The summed E-state index contributed by atoms with van der Waals surface area (Å²) in [6.45, 7) is 6.59. The fourth-order valence-corrected chi connectivity index (χ4v) is 2.50. The standard InChI is InChI=1S/C13H27N5O/c1-2-19-9-3-7-15-13(17-14)16-11-6-8-18(10-11)12-4-5-12/h11-12H,2-10,14H2,1H3,(H2,15,16,17). The van der Waals surface area contributed by atoms with Gasteiger partial charge in [-0.3, -0.25) is 15.3 Å². The molecule has 0 aromatic carbocycles. The average Bonchev–Trinajstić information content (AvgIpc) is 3.17. The van der Waals surface area contributed by atoms with Crippen molar-refractivity contribution < 1.29 is 4.74 Å². The van der Waals surface area contributed by atoms with Crippen LogP contribution in [0.3, 0.4) is 0 Å². The third-order valence-corrected chi connectivity index (χ3v) is 3.68. The van der Waals surface area contributed by atoms with Crippen LogP contribution in [0.25, 0.3) is 0 Å². The number of hydrogen-bond acceptors (Lipinski definition) is 4. The van der Waals surface area contributed by atoms with Gasteiger partial charge in [-0.2, -0.15) is 0 Å². The zero-order valence-corrected chi connectivity index (χ0v) is 11.9. The van der Waals surface area contributed by atoms with Crippen LogP contribution in [0.2, 0.25) is 0 Å². The Morgan fingerprint density at radius 2 is 2.26 bits per heavy atom. The fourth-order valence-electron chi connectivity index (χ4n) is 2.50. The van der Waals surface area contributed by atoms with E-state index in [4.69, 9.17) is 10.6 Å². The zero-order valence-electron chi connectivity index (χ0n) is 11.9. The molecule has 1 atom stereocenters. The molecule has 110 valence electrons. The van der Waals surface area contributed by atoms with E-state index in [1.54, 1.807) is 0 Å². The molecule has 0 aromatic heterocycles. The van der Waals surface area contributed by atoms with Crippen molar-refractivity contribution in [3.05, 3.63) is 0 Å². The predicted molar refractivity (Wildman–Crippen MR) is 76.9 cm³/mol. The van der Waals surface area contributed by atoms with Gasteiger partial charge in [-0.05, 0) is 32.6 Å². The third kappa shape index (κ3) is 4.97. The Hall–Kier alpha value is -0.850. The lowest BCUT2D eigenvalue weighted by atomic mass is 10.3. The van der Waals surface area contributed by atoms with Gasteiger partial charge >= 0.3 is 0 Å². The SMILES string of the molecule is CCOCCCN=C(NN)NC1CCN(C2CC2)C1. The van der Waals surface area contributed by atoms with Gasteiger partial charge in [-0.1, -0.05) is 0 Å². The molecule has 2 aliphatic rings. The molecule has 2 fully saturated rings. The summed E-state index contributed by atoms with van der Waals surface area (Å²) in [6, 6.07) is 1.33. The summed E-state index contributed by atoms with van der Waals surface area (Å²) in [7, 11) is 0. The Bertz CT molecular complexity index is 293. The first-order valence-corrected chi connectivity index (χ1v) is 7.43. The van der Waals surface area contributed by atoms with E-state index in [1.807, 2.05) is 6.92 Å². The number of nitrogens with two attached hydrogens (primary N) is 1. The molecule has 4 N–H and O–H groups in total. The summed E-state index contributed by atoms with van der Waals surface area (Å²) >= 11 is 0. The second kappa shape index (κ2) is 7.67. The number of hydrogen-bond donors (Lipinski definition) is 3. The minimum atomic E-state index is 0.474. The average molecular weight is 269 g/mol. The molecule has 0 radical (unpaired) electrons. The first-order valence-electron chi connectivity index (χ1n) is 7.43. The normalized spacial score (nSPS) is 24.7. The van der Waals surface area contributed by atoms with Crippen molar-refractivity contribution in [1.82, 2.24) is 15.6 Å². The van der Waals surface area contributed by atoms with E-state index in [0.29, 0.717) is 12.0 Å². The van der Waals surface area contributed by atoms with Crippen LogP contribution in [0.15, 0.2) is 4.99 Å². The van der Waals surface area contributed by atoms with Crippen LogP contribution in [0, 0.1) is 0 Å². The van der Waals surface area contributed by atoms with Crippen LogP contribution in [0.5, 0.6) is 0 Å². The molecule has 0 amide bonds. The zero-order chi connectivity index (χ0) is 13.5. The van der Waals surface area contributed by atoms with E-state index in [1.165, 1.54) is 25.8 Å². The molecule has 0 bridgehead atoms. The Balaban J connectivity index is 1.65. The number of hydrazine groups is 1. The molecule has 1 saturated heterocycles. The van der Waals surface area contributed by atoms with Gasteiger partial charge in [-0.25, -0.2) is 5.84 Å². The van der Waals surface area contributed by atoms with Gasteiger partial charge in [0.25, 0.3) is 0 Å². The maximum Gasteiger partial charge on any atom is 0.205 e. The van der Waals surface area contributed by atoms with E-state index in [-0.39, 0.29) is 0 Å². The smallest absolute Gasteiger partial charge is 0.205 e. The van der Waals surface area contributed by atoms with Crippen LogP contribution >= 0.6 is 0 Å². The van der Waals surface area contributed by atoms with E-state index in [2.05, 4.69) is 20.6 Å². The largest absolute Gasteiger partial charge is 0.382 e. The maximum absolute atomic E-state index is 5.51. The Labute approximate surface area is 115 Å². The number of aliphatic imine (C=N–C) groups is 1. The highest BCUT2D eigenvalue weighted by Gasteiger charge is 2.34.